The van der Waals surface area contributed by atoms with Crippen molar-refractivity contribution in [3.05, 3.63) is 53.6 Å². The number of benzene rings is 2. The summed E-state index contributed by atoms with van der Waals surface area (Å²) in [6.07, 6.45) is 0. The fraction of sp³-hybridized carbons (Fsp3) is 0.235. The van der Waals surface area contributed by atoms with Gasteiger partial charge in [0.05, 0.1) is 11.0 Å². The summed E-state index contributed by atoms with van der Waals surface area (Å²) in [5, 5.41) is 0. The summed E-state index contributed by atoms with van der Waals surface area (Å²) in [4.78, 5) is 8.09. The fourth-order valence-corrected chi connectivity index (χ4v) is 2.34. The van der Waals surface area contributed by atoms with E-state index in [4.69, 9.17) is 4.98 Å². The number of nitrogens with one attached hydrogen (secondary N) is 1. The van der Waals surface area contributed by atoms with Gasteiger partial charge in [0.25, 0.3) is 0 Å². The van der Waals surface area contributed by atoms with Gasteiger partial charge in [0.1, 0.15) is 5.82 Å². The van der Waals surface area contributed by atoms with Gasteiger partial charge in [-0.25, -0.2) is 4.98 Å². The van der Waals surface area contributed by atoms with Gasteiger partial charge < -0.3 is 4.98 Å². The van der Waals surface area contributed by atoms with Crippen molar-refractivity contribution >= 4 is 11.0 Å². The van der Waals surface area contributed by atoms with Crippen LogP contribution in [0.15, 0.2) is 42.5 Å². The van der Waals surface area contributed by atoms with Crippen molar-refractivity contribution < 1.29 is 0 Å². The van der Waals surface area contributed by atoms with E-state index in [1.807, 2.05) is 0 Å². The predicted molar refractivity (Wildman–Crippen MR) is 80.4 cm³/mol. The molecule has 0 fully saturated rings. The SMILES string of the molecule is Cc1cccc2[nH]c(-c3ccc(C(C)C)cc3)nc12. The highest BCUT2D eigenvalue weighted by Crippen LogP contribution is 2.24. The summed E-state index contributed by atoms with van der Waals surface area (Å²) in [7, 11) is 0. The molecule has 0 aliphatic rings. The Morgan fingerprint density at radius 1 is 1.00 bits per heavy atom. The Bertz CT molecular complexity index is 706. The molecule has 3 aromatic rings. The van der Waals surface area contributed by atoms with Gasteiger partial charge in [-0.15, -0.1) is 0 Å². The second kappa shape index (κ2) is 4.54. The first-order chi connectivity index (χ1) is 9.15. The highest BCUT2D eigenvalue weighted by atomic mass is 14.9. The number of nitrogens with zero attached hydrogens (tertiary/aromatic N) is 1. The van der Waals surface area contributed by atoms with E-state index in [-0.39, 0.29) is 0 Å². The molecule has 0 bridgehead atoms. The van der Waals surface area contributed by atoms with Crippen molar-refractivity contribution in [3.63, 3.8) is 0 Å². The van der Waals surface area contributed by atoms with E-state index < -0.39 is 0 Å². The van der Waals surface area contributed by atoms with E-state index in [2.05, 4.69) is 68.2 Å². The smallest absolute Gasteiger partial charge is 0.138 e. The molecule has 96 valence electrons. The highest BCUT2D eigenvalue weighted by Gasteiger charge is 2.07. The summed E-state index contributed by atoms with van der Waals surface area (Å²) in [6.45, 7) is 6.51. The van der Waals surface area contributed by atoms with E-state index >= 15 is 0 Å². The molecule has 1 aromatic heterocycles. The molecule has 0 aliphatic heterocycles. The van der Waals surface area contributed by atoms with E-state index in [9.17, 15) is 0 Å². The number of aryl methyl sites for hydroxylation is 1. The van der Waals surface area contributed by atoms with Gasteiger partial charge in [-0.2, -0.15) is 0 Å². The summed E-state index contributed by atoms with van der Waals surface area (Å²) in [6, 6.07) is 14.9. The minimum absolute atomic E-state index is 0.562. The average Bonchev–Trinajstić information content (AvgIpc) is 2.84. The Hall–Kier alpha value is -2.09. The minimum atomic E-state index is 0.562. The van der Waals surface area contributed by atoms with Crippen molar-refractivity contribution in [2.45, 2.75) is 26.7 Å². The molecule has 3 rings (SSSR count). The van der Waals surface area contributed by atoms with Crippen molar-refractivity contribution in [1.82, 2.24) is 9.97 Å². The van der Waals surface area contributed by atoms with Crippen LogP contribution in [0.1, 0.15) is 30.9 Å². The molecule has 2 heteroatoms. The number of imidazole rings is 1. The molecule has 1 N–H and O–H groups in total. The Labute approximate surface area is 113 Å². The maximum atomic E-state index is 4.70. The number of H-pyrrole nitrogens is 1. The van der Waals surface area contributed by atoms with E-state index in [0.29, 0.717) is 5.92 Å². The first-order valence-corrected chi connectivity index (χ1v) is 6.71. The van der Waals surface area contributed by atoms with Crippen LogP contribution in [-0.2, 0) is 0 Å². The molecule has 0 saturated carbocycles. The van der Waals surface area contributed by atoms with Crippen LogP contribution in [0.2, 0.25) is 0 Å². The largest absolute Gasteiger partial charge is 0.338 e. The molecule has 2 nitrogen and oxygen atoms in total. The fourth-order valence-electron chi connectivity index (χ4n) is 2.34. The van der Waals surface area contributed by atoms with Crippen molar-refractivity contribution in [2.24, 2.45) is 0 Å². The Morgan fingerprint density at radius 3 is 2.37 bits per heavy atom. The Balaban J connectivity index is 2.06. The molecule has 0 saturated heterocycles. The van der Waals surface area contributed by atoms with Gasteiger partial charge >= 0.3 is 0 Å². The van der Waals surface area contributed by atoms with Gasteiger partial charge in [0.15, 0.2) is 0 Å². The van der Waals surface area contributed by atoms with Crippen LogP contribution < -0.4 is 0 Å². The maximum Gasteiger partial charge on any atom is 0.138 e. The van der Waals surface area contributed by atoms with Gasteiger partial charge in [-0.3, -0.25) is 0 Å². The molecule has 0 spiro atoms. The van der Waals surface area contributed by atoms with Crippen LogP contribution in [0.3, 0.4) is 0 Å². The standard InChI is InChI=1S/C17H18N2/c1-11(2)13-7-9-14(10-8-13)17-18-15-6-4-5-12(3)16(15)19-17/h4-11H,1-3H3,(H,18,19). The molecule has 0 radical (unpaired) electrons. The Kier molecular flexibility index (Phi) is 2.86. The average molecular weight is 250 g/mol. The van der Waals surface area contributed by atoms with Crippen LogP contribution in [0.4, 0.5) is 0 Å². The topological polar surface area (TPSA) is 28.7 Å². The zero-order valence-corrected chi connectivity index (χ0v) is 11.6. The number of aromatic amines is 1. The quantitative estimate of drug-likeness (QED) is 0.704. The van der Waals surface area contributed by atoms with E-state index in [1.54, 1.807) is 0 Å². The highest BCUT2D eigenvalue weighted by molar-refractivity contribution is 5.82. The third-order valence-electron chi connectivity index (χ3n) is 3.57. The van der Waals surface area contributed by atoms with E-state index in [0.717, 1.165) is 22.4 Å². The van der Waals surface area contributed by atoms with Gasteiger partial charge in [-0.05, 0) is 30.0 Å². The predicted octanol–water partition coefficient (Wildman–Crippen LogP) is 4.66. The van der Waals surface area contributed by atoms with Gasteiger partial charge in [-0.1, -0.05) is 50.2 Å². The minimum Gasteiger partial charge on any atom is -0.338 e. The summed E-state index contributed by atoms with van der Waals surface area (Å²) >= 11 is 0. The van der Waals surface area contributed by atoms with E-state index in [1.165, 1.54) is 11.1 Å². The van der Waals surface area contributed by atoms with Gasteiger partial charge in [0, 0.05) is 5.56 Å². The zero-order valence-electron chi connectivity index (χ0n) is 11.6. The van der Waals surface area contributed by atoms with Gasteiger partial charge in [0.2, 0.25) is 0 Å². The normalized spacial score (nSPS) is 11.4. The number of rotatable bonds is 2. The lowest BCUT2D eigenvalue weighted by Gasteiger charge is -2.05. The van der Waals surface area contributed by atoms with Crippen molar-refractivity contribution in [3.8, 4) is 11.4 Å². The molecule has 0 amide bonds. The third kappa shape index (κ3) is 2.14. The summed E-state index contributed by atoms with van der Waals surface area (Å²) in [5.41, 5.74) is 5.86. The second-order valence-corrected chi connectivity index (χ2v) is 5.33. The third-order valence-corrected chi connectivity index (χ3v) is 3.57. The molecule has 1 heterocycles. The van der Waals surface area contributed by atoms with Crippen LogP contribution in [0.5, 0.6) is 0 Å². The monoisotopic (exact) mass is 250 g/mol. The number of hydrogen-bond acceptors (Lipinski definition) is 1. The molecular weight excluding hydrogens is 232 g/mol. The second-order valence-electron chi connectivity index (χ2n) is 5.33. The molecule has 0 unspecified atom stereocenters. The lowest BCUT2D eigenvalue weighted by Crippen LogP contribution is -1.87. The number of fused-ring (bicyclic) bond motifs is 1. The molecule has 0 aliphatic carbocycles. The molecule has 2 aromatic carbocycles. The van der Waals surface area contributed by atoms with Crippen molar-refractivity contribution in [1.29, 1.82) is 0 Å². The lowest BCUT2D eigenvalue weighted by molar-refractivity contribution is 0.867. The van der Waals surface area contributed by atoms with Crippen molar-refractivity contribution in [2.75, 3.05) is 0 Å². The summed E-state index contributed by atoms with van der Waals surface area (Å²) < 4.78 is 0. The zero-order chi connectivity index (χ0) is 13.4. The first-order valence-electron chi connectivity index (χ1n) is 6.71. The number of hydrogen-bond donors (Lipinski definition) is 1. The molecule has 19 heavy (non-hydrogen) atoms. The molecule has 0 atom stereocenters. The maximum absolute atomic E-state index is 4.70. The first kappa shape index (κ1) is 12.0. The Morgan fingerprint density at radius 2 is 1.74 bits per heavy atom. The van der Waals surface area contributed by atoms with Crippen LogP contribution in [-0.4, -0.2) is 9.97 Å². The summed E-state index contributed by atoms with van der Waals surface area (Å²) in [5.74, 6) is 1.51. The van der Waals surface area contributed by atoms with Crippen LogP contribution in [0.25, 0.3) is 22.4 Å². The lowest BCUT2D eigenvalue weighted by atomic mass is 10.0. The number of aromatic nitrogens is 2. The van der Waals surface area contributed by atoms with Crippen LogP contribution >= 0.6 is 0 Å². The van der Waals surface area contributed by atoms with Crippen LogP contribution in [0, 0.1) is 6.92 Å². The molecular formula is C17H18N2. The number of para-hydroxylation sites is 1.